The number of fused-ring (bicyclic) bond motifs is 3. The maximum Gasteiger partial charge on any atom is 0.263 e. The van der Waals surface area contributed by atoms with Crippen LogP contribution in [0.25, 0.3) is 10.2 Å². The molecule has 36 heavy (non-hydrogen) atoms. The van der Waals surface area contributed by atoms with Crippen molar-refractivity contribution in [2.75, 3.05) is 17.6 Å². The summed E-state index contributed by atoms with van der Waals surface area (Å²) < 4.78 is 14.8. The molecule has 0 radical (unpaired) electrons. The molecule has 184 valence electrons. The molecule has 0 bridgehead atoms. The van der Waals surface area contributed by atoms with Crippen LogP contribution in [0.1, 0.15) is 22.9 Å². The van der Waals surface area contributed by atoms with Crippen molar-refractivity contribution in [3.8, 4) is 0 Å². The van der Waals surface area contributed by atoms with Gasteiger partial charge in [0.25, 0.3) is 5.56 Å². The number of nitrogens with zero attached hydrogens (tertiary/aromatic N) is 3. The summed E-state index contributed by atoms with van der Waals surface area (Å²) in [6.07, 6.45) is 0.615. The van der Waals surface area contributed by atoms with Crippen molar-refractivity contribution >= 4 is 50.8 Å². The van der Waals surface area contributed by atoms with Crippen LogP contribution in [0.3, 0.4) is 0 Å². The van der Waals surface area contributed by atoms with Crippen molar-refractivity contribution in [2.24, 2.45) is 0 Å². The molecule has 5 rings (SSSR count). The zero-order valence-electron chi connectivity index (χ0n) is 19.5. The van der Waals surface area contributed by atoms with Gasteiger partial charge in [-0.05, 0) is 41.8 Å². The lowest BCUT2D eigenvalue weighted by Crippen LogP contribution is -2.34. The van der Waals surface area contributed by atoms with Gasteiger partial charge < -0.3 is 10.2 Å². The predicted molar refractivity (Wildman–Crippen MR) is 140 cm³/mol. The summed E-state index contributed by atoms with van der Waals surface area (Å²) in [5.74, 6) is -0.617. The Morgan fingerprint density at radius 2 is 1.89 bits per heavy atom. The Morgan fingerprint density at radius 3 is 2.61 bits per heavy atom. The Bertz CT molecular complexity index is 1500. The lowest BCUT2D eigenvalue weighted by molar-refractivity contribution is -0.129. The molecule has 0 aliphatic carbocycles. The summed E-state index contributed by atoms with van der Waals surface area (Å²) in [5.41, 5.74) is 2.27. The second-order valence-corrected chi connectivity index (χ2v) is 10.5. The maximum atomic E-state index is 13.8. The second-order valence-electron chi connectivity index (χ2n) is 8.49. The van der Waals surface area contributed by atoms with Gasteiger partial charge in [-0.2, -0.15) is 0 Å². The third kappa shape index (κ3) is 5.05. The molecule has 1 aliphatic heterocycles. The van der Waals surface area contributed by atoms with Gasteiger partial charge in [0.15, 0.2) is 5.16 Å². The number of anilines is 1. The number of nitrogens with one attached hydrogen (secondary N) is 1. The molecule has 0 saturated carbocycles. The van der Waals surface area contributed by atoms with Gasteiger partial charge in [-0.15, -0.1) is 11.3 Å². The van der Waals surface area contributed by atoms with Crippen molar-refractivity contribution < 1.29 is 14.0 Å². The lowest BCUT2D eigenvalue weighted by Gasteiger charge is -2.25. The number of thioether (sulfide) groups is 1. The average Bonchev–Trinajstić information content (AvgIpc) is 3.24. The zero-order chi connectivity index (χ0) is 25.2. The molecule has 0 atom stereocenters. The summed E-state index contributed by atoms with van der Waals surface area (Å²) in [4.78, 5) is 46.4. The first kappa shape index (κ1) is 24.2. The van der Waals surface area contributed by atoms with Crippen LogP contribution in [0, 0.1) is 5.82 Å². The first-order valence-corrected chi connectivity index (χ1v) is 13.2. The largest absolute Gasteiger partial charge is 0.337 e. The van der Waals surface area contributed by atoms with Crippen LogP contribution < -0.4 is 10.9 Å². The number of halogens is 1. The van der Waals surface area contributed by atoms with E-state index in [4.69, 9.17) is 4.98 Å². The second kappa shape index (κ2) is 10.2. The molecule has 1 N–H and O–H groups in total. The highest BCUT2D eigenvalue weighted by Crippen LogP contribution is 2.34. The highest BCUT2D eigenvalue weighted by atomic mass is 32.2. The van der Waals surface area contributed by atoms with E-state index < -0.39 is 0 Å². The monoisotopic (exact) mass is 522 g/mol. The molecule has 0 fully saturated rings. The fourth-order valence-electron chi connectivity index (χ4n) is 4.20. The van der Waals surface area contributed by atoms with Crippen molar-refractivity contribution in [3.63, 3.8) is 0 Å². The minimum atomic E-state index is -0.380. The Balaban J connectivity index is 1.48. The Hall–Kier alpha value is -3.50. The summed E-state index contributed by atoms with van der Waals surface area (Å²) in [6.45, 7) is 2.93. The average molecular weight is 523 g/mol. The first-order chi connectivity index (χ1) is 17.4. The Kier molecular flexibility index (Phi) is 6.88. The zero-order valence-corrected chi connectivity index (χ0v) is 21.1. The smallest absolute Gasteiger partial charge is 0.263 e. The molecular weight excluding hydrogens is 499 g/mol. The number of carbonyl (C=O) groups is 2. The fraction of sp³-hybridized carbons (Fsp3) is 0.231. The van der Waals surface area contributed by atoms with Crippen LogP contribution >= 0.6 is 23.1 Å². The normalized spacial score (nSPS) is 13.0. The number of carbonyl (C=O) groups excluding carboxylic acids is 2. The number of benzene rings is 2. The molecule has 7 nitrogen and oxygen atoms in total. The molecule has 3 heterocycles. The van der Waals surface area contributed by atoms with Crippen LogP contribution in [0.5, 0.6) is 0 Å². The standard InChI is InChI=1S/C26H23FN4O3S2/c1-16(32)30-12-11-20-21(14-30)36-24-23(20)25(34)31(13-17-5-3-2-4-6-17)26(29-24)35-15-22(33)28-19-9-7-18(27)8-10-19/h2-10H,11-15H2,1H3,(H,28,33). The van der Waals surface area contributed by atoms with Gasteiger partial charge in [-0.3, -0.25) is 19.0 Å². The van der Waals surface area contributed by atoms with E-state index in [0.717, 1.165) is 16.0 Å². The van der Waals surface area contributed by atoms with Crippen molar-refractivity contribution in [3.05, 3.63) is 86.8 Å². The van der Waals surface area contributed by atoms with Crippen LogP contribution in [0.4, 0.5) is 10.1 Å². The Morgan fingerprint density at radius 1 is 1.14 bits per heavy atom. The molecule has 10 heteroatoms. The number of rotatable bonds is 6. The molecule has 0 saturated heterocycles. The van der Waals surface area contributed by atoms with E-state index in [2.05, 4.69) is 5.32 Å². The molecule has 0 spiro atoms. The maximum absolute atomic E-state index is 13.8. The van der Waals surface area contributed by atoms with E-state index in [-0.39, 0.29) is 28.9 Å². The minimum Gasteiger partial charge on any atom is -0.337 e. The molecule has 4 aromatic rings. The SMILES string of the molecule is CC(=O)N1CCc2c(sc3nc(SCC(=O)Nc4ccc(F)cc4)n(Cc4ccccc4)c(=O)c23)C1. The predicted octanol–water partition coefficient (Wildman–Crippen LogP) is 4.28. The highest BCUT2D eigenvalue weighted by Gasteiger charge is 2.26. The van der Waals surface area contributed by atoms with E-state index >= 15 is 0 Å². The third-order valence-electron chi connectivity index (χ3n) is 6.01. The summed E-state index contributed by atoms with van der Waals surface area (Å²) >= 11 is 2.62. The van der Waals surface area contributed by atoms with Crippen LogP contribution in [0.2, 0.25) is 0 Å². The summed E-state index contributed by atoms with van der Waals surface area (Å²) in [5, 5.41) is 3.80. The van der Waals surface area contributed by atoms with Gasteiger partial charge in [-0.1, -0.05) is 42.1 Å². The third-order valence-corrected chi connectivity index (χ3v) is 8.10. The van der Waals surface area contributed by atoms with Crippen molar-refractivity contribution in [1.29, 1.82) is 0 Å². The quantitative estimate of drug-likeness (QED) is 0.302. The number of aromatic nitrogens is 2. The van der Waals surface area contributed by atoms with Crippen LogP contribution in [0.15, 0.2) is 64.5 Å². The van der Waals surface area contributed by atoms with Crippen molar-refractivity contribution in [2.45, 2.75) is 31.6 Å². The number of amides is 2. The van der Waals surface area contributed by atoms with Crippen molar-refractivity contribution in [1.82, 2.24) is 14.5 Å². The first-order valence-electron chi connectivity index (χ1n) is 11.4. The lowest BCUT2D eigenvalue weighted by atomic mass is 10.1. The molecule has 1 aliphatic rings. The molecule has 2 amide bonds. The fourth-order valence-corrected chi connectivity index (χ4v) is 6.28. The van der Waals surface area contributed by atoms with E-state index in [1.165, 1.54) is 47.4 Å². The van der Waals surface area contributed by atoms with Gasteiger partial charge in [0, 0.05) is 24.0 Å². The highest BCUT2D eigenvalue weighted by molar-refractivity contribution is 7.99. The number of hydrogen-bond acceptors (Lipinski definition) is 6. The van der Waals surface area contributed by atoms with E-state index in [9.17, 15) is 18.8 Å². The van der Waals surface area contributed by atoms with Gasteiger partial charge in [0.05, 0.1) is 24.2 Å². The van der Waals surface area contributed by atoms with Gasteiger partial charge in [-0.25, -0.2) is 9.37 Å². The van der Waals surface area contributed by atoms with Gasteiger partial charge >= 0.3 is 0 Å². The molecular formula is C26H23FN4O3S2. The molecule has 2 aromatic carbocycles. The van der Waals surface area contributed by atoms with Crippen LogP contribution in [-0.4, -0.2) is 38.6 Å². The minimum absolute atomic E-state index is 0.0102. The molecule has 2 aromatic heterocycles. The summed E-state index contributed by atoms with van der Waals surface area (Å²) in [6, 6.07) is 15.2. The molecule has 0 unspecified atom stereocenters. The van der Waals surface area contributed by atoms with Gasteiger partial charge in [0.1, 0.15) is 10.6 Å². The van der Waals surface area contributed by atoms with E-state index in [1.807, 2.05) is 30.3 Å². The van der Waals surface area contributed by atoms with E-state index in [1.54, 1.807) is 16.4 Å². The topological polar surface area (TPSA) is 84.3 Å². The Labute approximate surface area is 215 Å². The van der Waals surface area contributed by atoms with E-state index in [0.29, 0.717) is 47.1 Å². The van der Waals surface area contributed by atoms with Gasteiger partial charge in [0.2, 0.25) is 11.8 Å². The number of thiophene rings is 1. The summed E-state index contributed by atoms with van der Waals surface area (Å²) in [7, 11) is 0. The van der Waals surface area contributed by atoms with Crippen LogP contribution in [-0.2, 0) is 29.1 Å². The number of hydrogen-bond donors (Lipinski definition) is 1.